The third-order valence-corrected chi connectivity index (χ3v) is 7.56. The van der Waals surface area contributed by atoms with Crippen LogP contribution in [-0.2, 0) is 9.59 Å². The van der Waals surface area contributed by atoms with Crippen molar-refractivity contribution in [3.05, 3.63) is 11.6 Å². The van der Waals surface area contributed by atoms with Crippen LogP contribution in [-0.4, -0.2) is 12.1 Å². The Kier molecular flexibility index (Phi) is 2.96. The standard InChI is InChI=1S/C19H26O2/c1-18-10-3-2-4-13(18)5-6-14-15(18)9-11-19(12-20)16(14)7-8-17(19)21/h5,12,14-16H,2-4,6-11H2,1H3/t14-,15+,16+,18+,19-/m1/s1. The molecule has 4 rings (SSSR count). The lowest BCUT2D eigenvalue weighted by Crippen LogP contribution is -2.51. The van der Waals surface area contributed by atoms with Crippen molar-refractivity contribution in [3.8, 4) is 0 Å². The van der Waals surface area contributed by atoms with E-state index in [1.165, 1.54) is 25.7 Å². The molecule has 0 N–H and O–H groups in total. The number of carbonyl (C=O) groups excluding carboxylic acids is 2. The van der Waals surface area contributed by atoms with Crippen molar-refractivity contribution in [3.63, 3.8) is 0 Å². The van der Waals surface area contributed by atoms with Gasteiger partial charge >= 0.3 is 0 Å². The van der Waals surface area contributed by atoms with Gasteiger partial charge in [0.05, 0.1) is 5.41 Å². The average molecular weight is 286 g/mol. The van der Waals surface area contributed by atoms with Crippen LogP contribution >= 0.6 is 0 Å². The second kappa shape index (κ2) is 4.54. The third-order valence-electron chi connectivity index (χ3n) is 7.56. The molecule has 4 aliphatic rings. The lowest BCUT2D eigenvalue weighted by Gasteiger charge is -2.55. The molecule has 0 aromatic rings. The van der Waals surface area contributed by atoms with Gasteiger partial charge < -0.3 is 4.79 Å². The minimum absolute atomic E-state index is 0.240. The third kappa shape index (κ3) is 1.65. The number of rotatable bonds is 1. The second-order valence-corrected chi connectivity index (χ2v) is 8.13. The zero-order chi connectivity index (χ0) is 14.7. The smallest absolute Gasteiger partial charge is 0.146 e. The predicted octanol–water partition coefficient (Wildman–Crippen LogP) is 4.09. The van der Waals surface area contributed by atoms with Gasteiger partial charge in [0.1, 0.15) is 12.1 Å². The Hall–Kier alpha value is -0.920. The molecule has 2 heteroatoms. The Bertz CT molecular complexity index is 520. The SMILES string of the molecule is C[C@]12CCCCC1=CC[C@@H]1[C@@H]2CC[C@]2(C=O)C(=O)CC[C@@H]12. The number of Topliss-reactive ketones (excluding diaryl/α,β-unsaturated/α-hetero) is 1. The Morgan fingerprint density at radius 2 is 2.00 bits per heavy atom. The van der Waals surface area contributed by atoms with Crippen LogP contribution in [0.25, 0.3) is 0 Å². The molecule has 0 unspecified atom stereocenters. The zero-order valence-corrected chi connectivity index (χ0v) is 13.1. The molecular formula is C19H26O2. The highest BCUT2D eigenvalue weighted by molar-refractivity contribution is 6.00. The first-order valence-corrected chi connectivity index (χ1v) is 8.81. The van der Waals surface area contributed by atoms with Crippen molar-refractivity contribution >= 4 is 12.1 Å². The minimum atomic E-state index is -0.600. The largest absolute Gasteiger partial charge is 0.302 e. The minimum Gasteiger partial charge on any atom is -0.302 e. The summed E-state index contributed by atoms with van der Waals surface area (Å²) in [7, 11) is 0. The fourth-order valence-electron chi connectivity index (χ4n) is 6.42. The van der Waals surface area contributed by atoms with E-state index < -0.39 is 5.41 Å². The van der Waals surface area contributed by atoms with Crippen LogP contribution in [0.4, 0.5) is 0 Å². The first kappa shape index (κ1) is 13.7. The first-order valence-electron chi connectivity index (χ1n) is 8.81. The first-order chi connectivity index (χ1) is 10.1. The average Bonchev–Trinajstić information content (AvgIpc) is 2.84. The van der Waals surface area contributed by atoms with Crippen molar-refractivity contribution in [2.24, 2.45) is 28.6 Å². The van der Waals surface area contributed by atoms with E-state index in [-0.39, 0.29) is 5.78 Å². The molecule has 4 aliphatic carbocycles. The fraction of sp³-hybridized carbons (Fsp3) is 0.789. The molecule has 0 aromatic heterocycles. The van der Waals surface area contributed by atoms with E-state index in [1.807, 2.05) is 0 Å². The molecule has 0 bridgehead atoms. The summed E-state index contributed by atoms with van der Waals surface area (Å²) in [6.07, 6.45) is 13.4. The normalized spacial score (nSPS) is 48.9. The maximum atomic E-state index is 12.4. The number of hydrogen-bond donors (Lipinski definition) is 0. The van der Waals surface area contributed by atoms with E-state index in [0.717, 1.165) is 32.0 Å². The van der Waals surface area contributed by atoms with E-state index in [4.69, 9.17) is 0 Å². The van der Waals surface area contributed by atoms with Gasteiger partial charge in [0.2, 0.25) is 0 Å². The van der Waals surface area contributed by atoms with Crippen molar-refractivity contribution in [2.45, 2.75) is 64.7 Å². The molecule has 0 spiro atoms. The summed E-state index contributed by atoms with van der Waals surface area (Å²) >= 11 is 0. The quantitative estimate of drug-likeness (QED) is 0.413. The van der Waals surface area contributed by atoms with Crippen molar-refractivity contribution in [1.82, 2.24) is 0 Å². The summed E-state index contributed by atoms with van der Waals surface area (Å²) in [5, 5.41) is 0. The molecular weight excluding hydrogens is 260 g/mol. The molecule has 0 amide bonds. The molecule has 0 aliphatic heterocycles. The van der Waals surface area contributed by atoms with Gasteiger partial charge in [-0.1, -0.05) is 25.0 Å². The van der Waals surface area contributed by atoms with E-state index in [1.54, 1.807) is 5.57 Å². The molecule has 0 radical (unpaired) electrons. The monoisotopic (exact) mass is 286 g/mol. The number of ketones is 1. The van der Waals surface area contributed by atoms with Crippen LogP contribution in [0, 0.1) is 28.6 Å². The van der Waals surface area contributed by atoms with Crippen molar-refractivity contribution in [2.75, 3.05) is 0 Å². The van der Waals surface area contributed by atoms with Crippen molar-refractivity contribution in [1.29, 1.82) is 0 Å². The lowest BCUT2D eigenvalue weighted by atomic mass is 9.48. The number of fused-ring (bicyclic) bond motifs is 5. The number of carbonyl (C=O) groups is 2. The van der Waals surface area contributed by atoms with E-state index in [2.05, 4.69) is 13.0 Å². The molecule has 114 valence electrons. The molecule has 5 atom stereocenters. The second-order valence-electron chi connectivity index (χ2n) is 8.13. The van der Waals surface area contributed by atoms with E-state index in [0.29, 0.717) is 29.6 Å². The van der Waals surface area contributed by atoms with Crippen LogP contribution in [0.3, 0.4) is 0 Å². The molecule has 3 saturated carbocycles. The molecule has 0 aromatic carbocycles. The Balaban J connectivity index is 1.73. The van der Waals surface area contributed by atoms with Gasteiger partial charge in [-0.3, -0.25) is 4.79 Å². The van der Waals surface area contributed by atoms with Crippen LogP contribution in [0.15, 0.2) is 11.6 Å². The highest BCUT2D eigenvalue weighted by Gasteiger charge is 2.60. The molecule has 0 saturated heterocycles. The molecule has 21 heavy (non-hydrogen) atoms. The highest BCUT2D eigenvalue weighted by atomic mass is 16.1. The summed E-state index contributed by atoms with van der Waals surface area (Å²) in [6, 6.07) is 0. The van der Waals surface area contributed by atoms with Crippen molar-refractivity contribution < 1.29 is 9.59 Å². The van der Waals surface area contributed by atoms with Gasteiger partial charge in [0, 0.05) is 6.42 Å². The fourth-order valence-corrected chi connectivity index (χ4v) is 6.42. The molecule has 3 fully saturated rings. The maximum absolute atomic E-state index is 12.4. The lowest BCUT2D eigenvalue weighted by molar-refractivity contribution is -0.141. The highest BCUT2D eigenvalue weighted by Crippen LogP contribution is 2.63. The number of allylic oxidation sites excluding steroid dienone is 2. The van der Waals surface area contributed by atoms with Crippen LogP contribution in [0.5, 0.6) is 0 Å². The molecule has 0 heterocycles. The summed E-state index contributed by atoms with van der Waals surface area (Å²) in [5.41, 5.74) is 1.46. The Morgan fingerprint density at radius 3 is 2.81 bits per heavy atom. The number of aldehydes is 1. The zero-order valence-electron chi connectivity index (χ0n) is 13.1. The molecule has 2 nitrogen and oxygen atoms in total. The summed E-state index contributed by atoms with van der Waals surface area (Å²) < 4.78 is 0. The van der Waals surface area contributed by atoms with Crippen LogP contribution in [0.1, 0.15) is 64.7 Å². The number of hydrogen-bond acceptors (Lipinski definition) is 2. The maximum Gasteiger partial charge on any atom is 0.146 e. The topological polar surface area (TPSA) is 34.1 Å². The predicted molar refractivity (Wildman–Crippen MR) is 81.7 cm³/mol. The van der Waals surface area contributed by atoms with E-state index >= 15 is 0 Å². The summed E-state index contributed by atoms with van der Waals surface area (Å²) in [6.45, 7) is 2.47. The van der Waals surface area contributed by atoms with Gasteiger partial charge in [-0.05, 0) is 68.1 Å². The van der Waals surface area contributed by atoms with Crippen LogP contribution < -0.4 is 0 Å². The summed E-state index contributed by atoms with van der Waals surface area (Å²) in [5.74, 6) is 1.85. The van der Waals surface area contributed by atoms with Gasteiger partial charge in [-0.25, -0.2) is 0 Å². The Morgan fingerprint density at radius 1 is 1.14 bits per heavy atom. The van der Waals surface area contributed by atoms with Gasteiger partial charge in [-0.2, -0.15) is 0 Å². The van der Waals surface area contributed by atoms with Gasteiger partial charge in [0.25, 0.3) is 0 Å². The Labute approximate surface area is 127 Å². The van der Waals surface area contributed by atoms with Gasteiger partial charge in [-0.15, -0.1) is 0 Å². The van der Waals surface area contributed by atoms with Crippen LogP contribution in [0.2, 0.25) is 0 Å². The van der Waals surface area contributed by atoms with E-state index in [9.17, 15) is 9.59 Å². The summed E-state index contributed by atoms with van der Waals surface area (Å²) in [4.78, 5) is 24.1. The van der Waals surface area contributed by atoms with Gasteiger partial charge in [0.15, 0.2) is 0 Å².